The average molecular weight is 318 g/mol. The molecule has 6 nitrogen and oxygen atoms in total. The van der Waals surface area contributed by atoms with E-state index in [9.17, 15) is 12.8 Å². The molecule has 0 unspecified atom stereocenters. The van der Waals surface area contributed by atoms with Crippen molar-refractivity contribution in [2.45, 2.75) is 4.90 Å². The highest BCUT2D eigenvalue weighted by atomic mass is 32.2. The van der Waals surface area contributed by atoms with Crippen molar-refractivity contribution in [1.82, 2.24) is 14.8 Å². The molecule has 0 saturated heterocycles. The number of para-hydroxylation sites is 1. The number of hydrogen-bond acceptors (Lipinski definition) is 4. The molecule has 0 aliphatic heterocycles. The van der Waals surface area contributed by atoms with Crippen molar-refractivity contribution in [2.75, 3.05) is 4.72 Å². The quantitative estimate of drug-likeness (QED) is 0.800. The van der Waals surface area contributed by atoms with Crippen LogP contribution in [0.2, 0.25) is 0 Å². The van der Waals surface area contributed by atoms with Gasteiger partial charge in [-0.25, -0.2) is 17.5 Å². The fourth-order valence-electron chi connectivity index (χ4n) is 1.83. The number of benzene rings is 1. The van der Waals surface area contributed by atoms with E-state index in [1.807, 2.05) is 18.2 Å². The molecule has 0 amide bonds. The van der Waals surface area contributed by atoms with Gasteiger partial charge in [0.25, 0.3) is 10.0 Å². The van der Waals surface area contributed by atoms with Crippen LogP contribution in [0.1, 0.15) is 0 Å². The predicted molar refractivity (Wildman–Crippen MR) is 78.6 cm³/mol. The maximum absolute atomic E-state index is 13.5. The number of aromatic nitrogens is 3. The Hall–Kier alpha value is -2.74. The molecule has 0 radical (unpaired) electrons. The van der Waals surface area contributed by atoms with Crippen molar-refractivity contribution in [3.63, 3.8) is 0 Å². The monoisotopic (exact) mass is 318 g/mol. The maximum atomic E-state index is 13.5. The van der Waals surface area contributed by atoms with E-state index in [-0.39, 0.29) is 10.6 Å². The highest BCUT2D eigenvalue weighted by Crippen LogP contribution is 2.18. The van der Waals surface area contributed by atoms with Gasteiger partial charge in [0.15, 0.2) is 5.82 Å². The normalized spacial score (nSPS) is 11.3. The van der Waals surface area contributed by atoms with Crippen molar-refractivity contribution in [3.05, 3.63) is 67.0 Å². The number of rotatable bonds is 4. The van der Waals surface area contributed by atoms with Crippen LogP contribution in [-0.2, 0) is 10.0 Å². The van der Waals surface area contributed by atoms with Crippen LogP contribution in [0.5, 0.6) is 0 Å². The van der Waals surface area contributed by atoms with Gasteiger partial charge in [-0.2, -0.15) is 5.10 Å². The van der Waals surface area contributed by atoms with Gasteiger partial charge < -0.3 is 0 Å². The number of nitrogens with one attached hydrogen (secondary N) is 1. The van der Waals surface area contributed by atoms with Gasteiger partial charge in [0.05, 0.1) is 30.0 Å². The number of anilines is 1. The largest absolute Gasteiger partial charge is 0.276 e. The second-order valence-electron chi connectivity index (χ2n) is 4.42. The third-order valence-corrected chi connectivity index (χ3v) is 4.23. The Morgan fingerprint density at radius 3 is 2.59 bits per heavy atom. The first-order valence-electron chi connectivity index (χ1n) is 6.29. The Morgan fingerprint density at radius 2 is 1.86 bits per heavy atom. The third-order valence-electron chi connectivity index (χ3n) is 2.91. The van der Waals surface area contributed by atoms with Crippen LogP contribution in [-0.4, -0.2) is 23.2 Å². The van der Waals surface area contributed by atoms with Crippen LogP contribution >= 0.6 is 0 Å². The molecular formula is C14H11FN4O2S. The zero-order chi connectivity index (χ0) is 15.6. The van der Waals surface area contributed by atoms with E-state index in [4.69, 9.17) is 0 Å². The van der Waals surface area contributed by atoms with E-state index in [0.717, 1.165) is 11.9 Å². The molecule has 3 aromatic rings. The first kappa shape index (κ1) is 14.2. The Balaban J connectivity index is 1.91. The first-order valence-corrected chi connectivity index (χ1v) is 7.77. The molecule has 8 heteroatoms. The third kappa shape index (κ3) is 2.82. The number of nitrogens with zero attached hydrogens (tertiary/aromatic N) is 3. The summed E-state index contributed by atoms with van der Waals surface area (Å²) in [5, 5.41) is 4.01. The molecule has 0 saturated carbocycles. The number of hydrogen-bond donors (Lipinski definition) is 1. The minimum atomic E-state index is -3.92. The molecule has 0 bridgehead atoms. The molecule has 0 spiro atoms. The lowest BCUT2D eigenvalue weighted by Gasteiger charge is -2.06. The van der Waals surface area contributed by atoms with Crippen molar-refractivity contribution >= 4 is 15.7 Å². The fourth-order valence-corrected chi connectivity index (χ4v) is 2.83. The summed E-state index contributed by atoms with van der Waals surface area (Å²) in [5.74, 6) is -0.749. The van der Waals surface area contributed by atoms with E-state index in [1.165, 1.54) is 29.3 Å². The number of sulfonamides is 1. The SMILES string of the molecule is O=S(=O)(Nc1ccncc1F)c1cnn(-c2ccccc2)c1. The second-order valence-corrected chi connectivity index (χ2v) is 6.10. The number of halogens is 1. The van der Waals surface area contributed by atoms with Crippen LogP contribution < -0.4 is 4.72 Å². The van der Waals surface area contributed by atoms with E-state index in [0.29, 0.717) is 0 Å². The summed E-state index contributed by atoms with van der Waals surface area (Å²) in [7, 11) is -3.92. The van der Waals surface area contributed by atoms with Crippen LogP contribution in [0.15, 0.2) is 66.1 Å². The van der Waals surface area contributed by atoms with Gasteiger partial charge in [0, 0.05) is 6.20 Å². The Kier molecular flexibility index (Phi) is 3.60. The summed E-state index contributed by atoms with van der Waals surface area (Å²) in [4.78, 5) is 3.50. The van der Waals surface area contributed by atoms with Gasteiger partial charge in [-0.3, -0.25) is 9.71 Å². The first-order chi connectivity index (χ1) is 10.6. The average Bonchev–Trinajstić information content (AvgIpc) is 3.01. The molecule has 0 fully saturated rings. The fraction of sp³-hybridized carbons (Fsp3) is 0. The molecule has 1 N–H and O–H groups in total. The summed E-state index contributed by atoms with van der Waals surface area (Å²) in [6.45, 7) is 0. The molecular weight excluding hydrogens is 307 g/mol. The molecule has 0 aliphatic rings. The molecule has 2 aromatic heterocycles. The van der Waals surface area contributed by atoms with Crippen LogP contribution in [0.4, 0.5) is 10.1 Å². The lowest BCUT2D eigenvalue weighted by Crippen LogP contribution is -2.13. The second kappa shape index (κ2) is 5.57. The molecule has 0 aliphatic carbocycles. The van der Waals surface area contributed by atoms with Gasteiger partial charge in [-0.1, -0.05) is 18.2 Å². The molecule has 22 heavy (non-hydrogen) atoms. The highest BCUT2D eigenvalue weighted by Gasteiger charge is 2.18. The van der Waals surface area contributed by atoms with Crippen molar-refractivity contribution in [3.8, 4) is 5.69 Å². The topological polar surface area (TPSA) is 76.9 Å². The molecule has 2 heterocycles. The summed E-state index contributed by atoms with van der Waals surface area (Å²) >= 11 is 0. The molecule has 112 valence electrons. The van der Waals surface area contributed by atoms with Gasteiger partial charge >= 0.3 is 0 Å². The lowest BCUT2D eigenvalue weighted by molar-refractivity contribution is 0.598. The Labute approximate surface area is 126 Å². The Morgan fingerprint density at radius 1 is 1.09 bits per heavy atom. The van der Waals surface area contributed by atoms with Crippen LogP contribution in [0, 0.1) is 5.82 Å². The summed E-state index contributed by atoms with van der Waals surface area (Å²) in [6.07, 6.45) is 4.80. The van der Waals surface area contributed by atoms with Gasteiger partial charge in [0.1, 0.15) is 4.90 Å². The minimum absolute atomic E-state index is 0.0624. The van der Waals surface area contributed by atoms with E-state index < -0.39 is 15.8 Å². The lowest BCUT2D eigenvalue weighted by atomic mass is 10.3. The Bertz CT molecular complexity index is 894. The van der Waals surface area contributed by atoms with Crippen molar-refractivity contribution in [1.29, 1.82) is 0 Å². The van der Waals surface area contributed by atoms with Crippen molar-refractivity contribution in [2.24, 2.45) is 0 Å². The number of pyridine rings is 1. The van der Waals surface area contributed by atoms with Crippen LogP contribution in [0.3, 0.4) is 0 Å². The molecule has 0 atom stereocenters. The summed E-state index contributed by atoms with van der Waals surface area (Å²) in [6, 6.07) is 10.3. The predicted octanol–water partition coefficient (Wildman–Crippen LogP) is 2.21. The highest BCUT2D eigenvalue weighted by molar-refractivity contribution is 7.92. The van der Waals surface area contributed by atoms with Gasteiger partial charge in [0.2, 0.25) is 0 Å². The van der Waals surface area contributed by atoms with Crippen LogP contribution in [0.25, 0.3) is 5.69 Å². The van der Waals surface area contributed by atoms with E-state index in [1.54, 1.807) is 12.1 Å². The zero-order valence-electron chi connectivity index (χ0n) is 11.2. The van der Waals surface area contributed by atoms with Gasteiger partial charge in [-0.05, 0) is 18.2 Å². The zero-order valence-corrected chi connectivity index (χ0v) is 12.0. The van der Waals surface area contributed by atoms with E-state index in [2.05, 4.69) is 14.8 Å². The standard InChI is InChI=1S/C14H11FN4O2S/c15-13-9-16-7-6-14(13)18-22(20,21)12-8-17-19(10-12)11-4-2-1-3-5-11/h1-10H,(H,16,18). The maximum Gasteiger partial charge on any atom is 0.265 e. The molecule has 1 aromatic carbocycles. The molecule has 3 rings (SSSR count). The van der Waals surface area contributed by atoms with Crippen molar-refractivity contribution < 1.29 is 12.8 Å². The summed E-state index contributed by atoms with van der Waals surface area (Å²) in [5.41, 5.74) is 0.557. The minimum Gasteiger partial charge on any atom is -0.276 e. The van der Waals surface area contributed by atoms with E-state index >= 15 is 0 Å². The van der Waals surface area contributed by atoms with Gasteiger partial charge in [-0.15, -0.1) is 0 Å². The smallest absolute Gasteiger partial charge is 0.265 e. The summed E-state index contributed by atoms with van der Waals surface area (Å²) < 4.78 is 41.6.